The van der Waals surface area contributed by atoms with Crippen molar-refractivity contribution in [3.63, 3.8) is 0 Å². The minimum Gasteiger partial charge on any atom is -0.300 e. The molecule has 14 heavy (non-hydrogen) atoms. The van der Waals surface area contributed by atoms with Crippen molar-refractivity contribution >= 4 is 23.2 Å². The van der Waals surface area contributed by atoms with Crippen LogP contribution in [0.25, 0.3) is 0 Å². The van der Waals surface area contributed by atoms with Gasteiger partial charge in [-0.3, -0.25) is 4.90 Å². The van der Waals surface area contributed by atoms with E-state index >= 15 is 0 Å². The van der Waals surface area contributed by atoms with Gasteiger partial charge in [-0.2, -0.15) is 0 Å². The number of benzene rings is 1. The molecule has 1 rings (SSSR count). The van der Waals surface area contributed by atoms with Crippen molar-refractivity contribution in [2.45, 2.75) is 20.4 Å². The molecule has 0 aromatic heterocycles. The molecule has 0 aliphatic carbocycles. The molecule has 0 N–H and O–H groups in total. The van der Waals surface area contributed by atoms with Gasteiger partial charge in [-0.05, 0) is 30.8 Å². The van der Waals surface area contributed by atoms with Gasteiger partial charge in [-0.15, -0.1) is 0 Å². The van der Waals surface area contributed by atoms with Crippen molar-refractivity contribution in [3.05, 3.63) is 33.8 Å². The Labute approximate surface area is 95.6 Å². The van der Waals surface area contributed by atoms with Gasteiger partial charge in [0.25, 0.3) is 0 Å². The molecule has 0 aliphatic heterocycles. The van der Waals surface area contributed by atoms with Crippen molar-refractivity contribution in [2.75, 3.05) is 13.1 Å². The zero-order chi connectivity index (χ0) is 10.6. The summed E-state index contributed by atoms with van der Waals surface area (Å²) in [6.45, 7) is 7.26. The summed E-state index contributed by atoms with van der Waals surface area (Å²) in [5.74, 6) is 0. The second kappa shape index (κ2) is 5.59. The second-order valence-electron chi connectivity index (χ2n) is 3.20. The Balaban J connectivity index is 2.76. The number of halogens is 2. The number of hydrogen-bond acceptors (Lipinski definition) is 1. The zero-order valence-electron chi connectivity index (χ0n) is 8.56. The number of hydrogen-bond donors (Lipinski definition) is 0. The SMILES string of the molecule is CCN(CC)Cc1ccc(Cl)cc1Cl. The summed E-state index contributed by atoms with van der Waals surface area (Å²) in [7, 11) is 0. The molecule has 3 heteroatoms. The van der Waals surface area contributed by atoms with Crippen molar-refractivity contribution < 1.29 is 0 Å². The molecule has 0 fully saturated rings. The first-order chi connectivity index (χ1) is 6.67. The van der Waals surface area contributed by atoms with Gasteiger partial charge < -0.3 is 0 Å². The smallest absolute Gasteiger partial charge is 0.0465 e. The lowest BCUT2D eigenvalue weighted by Crippen LogP contribution is -2.22. The Morgan fingerprint density at radius 3 is 2.29 bits per heavy atom. The topological polar surface area (TPSA) is 3.24 Å². The van der Waals surface area contributed by atoms with Crippen molar-refractivity contribution in [3.8, 4) is 0 Å². The van der Waals surface area contributed by atoms with Gasteiger partial charge >= 0.3 is 0 Å². The van der Waals surface area contributed by atoms with E-state index in [9.17, 15) is 0 Å². The highest BCUT2D eigenvalue weighted by Crippen LogP contribution is 2.22. The average Bonchev–Trinajstić information content (AvgIpc) is 2.17. The largest absolute Gasteiger partial charge is 0.300 e. The molecule has 1 nitrogen and oxygen atoms in total. The predicted octanol–water partition coefficient (Wildman–Crippen LogP) is 3.84. The normalized spacial score (nSPS) is 10.9. The highest BCUT2D eigenvalue weighted by atomic mass is 35.5. The van der Waals surface area contributed by atoms with E-state index < -0.39 is 0 Å². The van der Waals surface area contributed by atoms with Gasteiger partial charge in [0.15, 0.2) is 0 Å². The van der Waals surface area contributed by atoms with E-state index in [-0.39, 0.29) is 0 Å². The van der Waals surface area contributed by atoms with Gasteiger partial charge in [0, 0.05) is 16.6 Å². The highest BCUT2D eigenvalue weighted by Gasteiger charge is 2.05. The maximum atomic E-state index is 6.08. The van der Waals surface area contributed by atoms with Crippen molar-refractivity contribution in [2.24, 2.45) is 0 Å². The third-order valence-corrected chi connectivity index (χ3v) is 2.89. The molecule has 0 aliphatic rings. The Bertz CT molecular complexity index is 295. The molecule has 0 bridgehead atoms. The fourth-order valence-electron chi connectivity index (χ4n) is 1.34. The van der Waals surface area contributed by atoms with Crippen LogP contribution in [-0.2, 0) is 6.54 Å². The van der Waals surface area contributed by atoms with Crippen molar-refractivity contribution in [1.82, 2.24) is 4.90 Å². The molecule has 0 saturated heterocycles. The molecule has 0 spiro atoms. The van der Waals surface area contributed by atoms with Crippen LogP contribution in [0.1, 0.15) is 19.4 Å². The Morgan fingerprint density at radius 1 is 1.14 bits per heavy atom. The molecule has 0 heterocycles. The summed E-state index contributed by atoms with van der Waals surface area (Å²) in [6, 6.07) is 5.66. The molecule has 1 aromatic carbocycles. The third-order valence-electron chi connectivity index (χ3n) is 2.30. The van der Waals surface area contributed by atoms with Crippen LogP contribution < -0.4 is 0 Å². The molecular formula is C11H15Cl2N. The molecule has 0 unspecified atom stereocenters. The fraction of sp³-hybridized carbons (Fsp3) is 0.455. The Hall–Kier alpha value is -0.240. The maximum Gasteiger partial charge on any atom is 0.0465 e. The lowest BCUT2D eigenvalue weighted by atomic mass is 10.2. The molecule has 0 atom stereocenters. The van der Waals surface area contributed by atoms with E-state index in [1.165, 1.54) is 0 Å². The number of nitrogens with zero attached hydrogens (tertiary/aromatic N) is 1. The van der Waals surface area contributed by atoms with Gasteiger partial charge in [0.1, 0.15) is 0 Å². The quantitative estimate of drug-likeness (QED) is 0.762. The van der Waals surface area contributed by atoms with Crippen LogP contribution in [0.15, 0.2) is 18.2 Å². The van der Waals surface area contributed by atoms with Crippen LogP contribution in [0.2, 0.25) is 10.0 Å². The molecule has 0 radical (unpaired) electrons. The molecule has 0 amide bonds. The van der Waals surface area contributed by atoms with Crippen LogP contribution in [0.4, 0.5) is 0 Å². The second-order valence-corrected chi connectivity index (χ2v) is 4.04. The minimum atomic E-state index is 0.693. The fourth-order valence-corrected chi connectivity index (χ4v) is 1.81. The summed E-state index contributed by atoms with van der Waals surface area (Å²) in [5, 5.41) is 1.45. The lowest BCUT2D eigenvalue weighted by molar-refractivity contribution is 0.296. The first kappa shape index (κ1) is 11.8. The Kier molecular flexibility index (Phi) is 4.73. The highest BCUT2D eigenvalue weighted by molar-refractivity contribution is 6.35. The van der Waals surface area contributed by atoms with Gasteiger partial charge in [-0.25, -0.2) is 0 Å². The van der Waals surface area contributed by atoms with Crippen LogP contribution in [0.3, 0.4) is 0 Å². The molecular weight excluding hydrogens is 217 g/mol. The zero-order valence-corrected chi connectivity index (χ0v) is 10.1. The molecule has 0 saturated carbocycles. The summed E-state index contributed by atoms with van der Waals surface area (Å²) < 4.78 is 0. The average molecular weight is 232 g/mol. The summed E-state index contributed by atoms with van der Waals surface area (Å²) in [4.78, 5) is 2.31. The molecule has 78 valence electrons. The summed E-state index contributed by atoms with van der Waals surface area (Å²) >= 11 is 11.9. The van der Waals surface area contributed by atoms with Gasteiger partial charge in [0.05, 0.1) is 0 Å². The summed E-state index contributed by atoms with van der Waals surface area (Å²) in [5.41, 5.74) is 1.14. The standard InChI is InChI=1S/C11H15Cl2N/c1-3-14(4-2)8-9-5-6-10(12)7-11(9)13/h5-7H,3-4,8H2,1-2H3. The van der Waals surface area contributed by atoms with E-state index in [0.29, 0.717) is 5.02 Å². The van der Waals surface area contributed by atoms with Gasteiger partial charge in [0.2, 0.25) is 0 Å². The first-order valence-corrected chi connectivity index (χ1v) is 5.59. The van der Waals surface area contributed by atoms with Crippen LogP contribution in [0, 0.1) is 0 Å². The maximum absolute atomic E-state index is 6.08. The third kappa shape index (κ3) is 3.16. The van der Waals surface area contributed by atoms with E-state index in [1.54, 1.807) is 6.07 Å². The van der Waals surface area contributed by atoms with Crippen LogP contribution >= 0.6 is 23.2 Å². The van der Waals surface area contributed by atoms with E-state index in [0.717, 1.165) is 30.2 Å². The van der Waals surface area contributed by atoms with E-state index in [1.807, 2.05) is 12.1 Å². The van der Waals surface area contributed by atoms with E-state index in [2.05, 4.69) is 18.7 Å². The van der Waals surface area contributed by atoms with Crippen LogP contribution in [0.5, 0.6) is 0 Å². The minimum absolute atomic E-state index is 0.693. The predicted molar refractivity (Wildman–Crippen MR) is 63.1 cm³/mol. The van der Waals surface area contributed by atoms with E-state index in [4.69, 9.17) is 23.2 Å². The Morgan fingerprint density at radius 2 is 1.79 bits per heavy atom. The summed E-state index contributed by atoms with van der Waals surface area (Å²) in [6.07, 6.45) is 0. The van der Waals surface area contributed by atoms with Crippen molar-refractivity contribution in [1.29, 1.82) is 0 Å². The van der Waals surface area contributed by atoms with Crippen LogP contribution in [-0.4, -0.2) is 18.0 Å². The number of rotatable bonds is 4. The monoisotopic (exact) mass is 231 g/mol. The van der Waals surface area contributed by atoms with Gasteiger partial charge in [-0.1, -0.05) is 43.1 Å². The molecule has 1 aromatic rings. The first-order valence-electron chi connectivity index (χ1n) is 4.83. The lowest BCUT2D eigenvalue weighted by Gasteiger charge is -2.18.